The fourth-order valence-corrected chi connectivity index (χ4v) is 4.15. The number of aromatic amines is 1. The lowest BCUT2D eigenvalue weighted by atomic mass is 9.99. The Morgan fingerprint density at radius 3 is 2.13 bits per heavy atom. The Hall–Kier alpha value is -5.04. The lowest BCUT2D eigenvalue weighted by Gasteiger charge is -2.14. The lowest BCUT2D eigenvalue weighted by Crippen LogP contribution is -2.06. The van der Waals surface area contributed by atoms with Crippen molar-refractivity contribution >= 4 is 28.5 Å². The third-order valence-corrected chi connectivity index (χ3v) is 5.96. The van der Waals surface area contributed by atoms with Gasteiger partial charge < -0.3 is 23.9 Å². The summed E-state index contributed by atoms with van der Waals surface area (Å²) in [5.74, 6) is 2.73. The van der Waals surface area contributed by atoms with Crippen LogP contribution in [0, 0.1) is 0 Å². The molecule has 0 aliphatic carbocycles. The Bertz CT molecular complexity index is 1560. The molecule has 1 aromatic heterocycles. The van der Waals surface area contributed by atoms with Crippen LogP contribution < -0.4 is 18.9 Å². The molecule has 0 fully saturated rings. The van der Waals surface area contributed by atoms with E-state index in [9.17, 15) is 4.79 Å². The molecule has 5 rings (SSSR count). The Morgan fingerprint density at radius 2 is 1.45 bits per heavy atom. The fourth-order valence-electron chi connectivity index (χ4n) is 4.15. The first-order valence-corrected chi connectivity index (χ1v) is 11.9. The number of ether oxygens (including phenoxy) is 4. The Morgan fingerprint density at radius 1 is 0.763 bits per heavy atom. The molecule has 0 spiro atoms. The average molecular weight is 507 g/mol. The predicted molar refractivity (Wildman–Crippen MR) is 147 cm³/mol. The van der Waals surface area contributed by atoms with Gasteiger partial charge in [-0.1, -0.05) is 42.5 Å². The van der Waals surface area contributed by atoms with E-state index in [-0.39, 0.29) is 5.78 Å². The third-order valence-electron chi connectivity index (χ3n) is 5.96. The van der Waals surface area contributed by atoms with Crippen molar-refractivity contribution in [3.8, 4) is 28.7 Å². The maximum absolute atomic E-state index is 14.0. The van der Waals surface area contributed by atoms with Gasteiger partial charge in [0, 0.05) is 5.56 Å². The van der Waals surface area contributed by atoms with Gasteiger partial charge in [-0.3, -0.25) is 4.79 Å². The van der Waals surface area contributed by atoms with Gasteiger partial charge >= 0.3 is 0 Å². The lowest BCUT2D eigenvalue weighted by molar-refractivity contribution is 0.105. The summed E-state index contributed by atoms with van der Waals surface area (Å²) in [5.41, 5.74) is 3.09. The van der Waals surface area contributed by atoms with Crippen LogP contribution in [0.5, 0.6) is 28.7 Å². The first-order chi connectivity index (χ1) is 18.6. The van der Waals surface area contributed by atoms with Crippen LogP contribution in [0.1, 0.15) is 21.7 Å². The van der Waals surface area contributed by atoms with Gasteiger partial charge in [-0.25, -0.2) is 4.98 Å². The molecule has 190 valence electrons. The van der Waals surface area contributed by atoms with Crippen LogP contribution in [0.4, 0.5) is 0 Å². The van der Waals surface area contributed by atoms with E-state index in [1.165, 1.54) is 21.3 Å². The van der Waals surface area contributed by atoms with Gasteiger partial charge in [-0.15, -0.1) is 0 Å². The van der Waals surface area contributed by atoms with E-state index < -0.39 is 0 Å². The van der Waals surface area contributed by atoms with Crippen molar-refractivity contribution in [1.82, 2.24) is 9.97 Å². The standard InChI is InChI=1S/C31H26N2O5/c1-35-27-18-21(19-28(36-2)30(27)37-3)29(34)24(31-32-25-14-7-8-15-26(25)33-31)17-20-10-9-13-23(16-20)38-22-11-5-4-6-12-22/h4-19H,1-3H3,(H,32,33)/b24-17-. The Labute approximate surface area is 220 Å². The van der Waals surface area contributed by atoms with Crippen LogP contribution in [0.25, 0.3) is 22.7 Å². The molecule has 7 nitrogen and oxygen atoms in total. The predicted octanol–water partition coefficient (Wildman–Crippen LogP) is 6.80. The zero-order chi connectivity index (χ0) is 26.5. The number of nitrogens with one attached hydrogen (secondary N) is 1. The maximum atomic E-state index is 14.0. The van der Waals surface area contributed by atoms with Crippen LogP contribution in [0.15, 0.2) is 91.0 Å². The van der Waals surface area contributed by atoms with Gasteiger partial charge in [0.25, 0.3) is 0 Å². The zero-order valence-corrected chi connectivity index (χ0v) is 21.2. The Balaban J connectivity index is 1.61. The summed E-state index contributed by atoms with van der Waals surface area (Å²) in [5, 5.41) is 0. The number of Topliss-reactive ketones (excluding diaryl/α,β-unsaturated/α-hetero) is 1. The minimum atomic E-state index is -0.266. The number of ketones is 1. The number of carbonyl (C=O) groups is 1. The van der Waals surface area contributed by atoms with Gasteiger partial charge in [0.05, 0.1) is 37.9 Å². The van der Waals surface area contributed by atoms with Gasteiger partial charge in [-0.05, 0) is 60.2 Å². The highest BCUT2D eigenvalue weighted by Gasteiger charge is 2.22. The van der Waals surface area contributed by atoms with Crippen LogP contribution in [-0.2, 0) is 0 Å². The van der Waals surface area contributed by atoms with Crippen molar-refractivity contribution in [2.45, 2.75) is 0 Å². The van der Waals surface area contributed by atoms with Gasteiger partial charge in [0.15, 0.2) is 17.3 Å². The van der Waals surface area contributed by atoms with E-state index in [2.05, 4.69) is 4.98 Å². The molecule has 0 saturated carbocycles. The molecule has 38 heavy (non-hydrogen) atoms. The second-order valence-corrected chi connectivity index (χ2v) is 8.39. The summed E-state index contributed by atoms with van der Waals surface area (Å²) >= 11 is 0. The fraction of sp³-hybridized carbons (Fsp3) is 0.0968. The summed E-state index contributed by atoms with van der Waals surface area (Å²) in [6.07, 6.45) is 1.79. The second kappa shape index (κ2) is 10.9. The maximum Gasteiger partial charge on any atom is 0.203 e. The van der Waals surface area contributed by atoms with E-state index >= 15 is 0 Å². The van der Waals surface area contributed by atoms with Crippen LogP contribution in [0.2, 0.25) is 0 Å². The van der Waals surface area contributed by atoms with Gasteiger partial charge in [0.1, 0.15) is 17.3 Å². The number of nitrogens with zero attached hydrogens (tertiary/aromatic N) is 1. The molecule has 0 saturated heterocycles. The summed E-state index contributed by atoms with van der Waals surface area (Å²) < 4.78 is 22.4. The van der Waals surface area contributed by atoms with E-state index in [1.54, 1.807) is 18.2 Å². The summed E-state index contributed by atoms with van der Waals surface area (Å²) in [6, 6.07) is 28.0. The van der Waals surface area contributed by atoms with Crippen LogP contribution in [-0.4, -0.2) is 37.1 Å². The van der Waals surface area contributed by atoms with Crippen molar-refractivity contribution in [3.63, 3.8) is 0 Å². The first kappa shape index (κ1) is 24.6. The SMILES string of the molecule is COc1cc(C(=O)/C(=C/c2cccc(Oc3ccccc3)c2)c2nc3ccccc3[nH]2)cc(OC)c1OC. The van der Waals surface area contributed by atoms with Crippen LogP contribution >= 0.6 is 0 Å². The van der Waals surface area contributed by atoms with E-state index in [0.29, 0.717) is 40.0 Å². The molecule has 0 aliphatic heterocycles. The number of imidazole rings is 1. The number of hydrogen-bond acceptors (Lipinski definition) is 6. The number of H-pyrrole nitrogens is 1. The number of methoxy groups -OCH3 is 3. The van der Waals surface area contributed by atoms with Crippen molar-refractivity contribution in [2.75, 3.05) is 21.3 Å². The molecule has 0 atom stereocenters. The van der Waals surface area contributed by atoms with E-state index in [0.717, 1.165) is 22.3 Å². The molecule has 0 aliphatic rings. The summed E-state index contributed by atoms with van der Waals surface area (Å²) in [4.78, 5) is 22.0. The number of para-hydroxylation sites is 3. The largest absolute Gasteiger partial charge is 0.493 e. The number of allylic oxidation sites excluding steroid dienone is 1. The molecular formula is C31H26N2O5. The molecule has 0 radical (unpaired) electrons. The molecule has 1 N–H and O–H groups in total. The number of fused-ring (bicyclic) bond motifs is 1. The normalized spacial score (nSPS) is 11.3. The number of hydrogen-bond donors (Lipinski definition) is 1. The molecule has 5 aromatic rings. The molecule has 0 amide bonds. The highest BCUT2D eigenvalue weighted by atomic mass is 16.5. The van der Waals surface area contributed by atoms with Gasteiger partial charge in [0.2, 0.25) is 5.75 Å². The quantitative estimate of drug-likeness (QED) is 0.175. The van der Waals surface area contributed by atoms with Crippen LogP contribution in [0.3, 0.4) is 0 Å². The smallest absolute Gasteiger partial charge is 0.203 e. The summed E-state index contributed by atoms with van der Waals surface area (Å²) in [7, 11) is 4.55. The monoisotopic (exact) mass is 506 g/mol. The number of benzene rings is 4. The minimum Gasteiger partial charge on any atom is -0.493 e. The van der Waals surface area contributed by atoms with E-state index in [1.807, 2.05) is 78.9 Å². The van der Waals surface area contributed by atoms with Crippen molar-refractivity contribution < 1.29 is 23.7 Å². The second-order valence-electron chi connectivity index (χ2n) is 8.39. The number of aromatic nitrogens is 2. The zero-order valence-electron chi connectivity index (χ0n) is 21.2. The van der Waals surface area contributed by atoms with Crippen molar-refractivity contribution in [2.24, 2.45) is 0 Å². The number of rotatable bonds is 9. The molecule has 4 aromatic carbocycles. The van der Waals surface area contributed by atoms with Gasteiger partial charge in [-0.2, -0.15) is 0 Å². The molecule has 1 heterocycles. The molecular weight excluding hydrogens is 480 g/mol. The summed E-state index contributed by atoms with van der Waals surface area (Å²) in [6.45, 7) is 0. The topological polar surface area (TPSA) is 82.7 Å². The average Bonchev–Trinajstić information content (AvgIpc) is 3.39. The Kier molecular flexibility index (Phi) is 7.08. The van der Waals surface area contributed by atoms with E-state index in [4.69, 9.17) is 23.9 Å². The molecule has 0 bridgehead atoms. The minimum absolute atomic E-state index is 0.266. The highest BCUT2D eigenvalue weighted by molar-refractivity contribution is 6.32. The number of carbonyl (C=O) groups excluding carboxylic acids is 1. The molecule has 0 unspecified atom stereocenters. The highest BCUT2D eigenvalue weighted by Crippen LogP contribution is 2.39. The third kappa shape index (κ3) is 5.08. The van der Waals surface area contributed by atoms with Crippen molar-refractivity contribution in [1.29, 1.82) is 0 Å². The first-order valence-electron chi connectivity index (χ1n) is 11.9. The molecule has 7 heteroatoms. The van der Waals surface area contributed by atoms with Crippen molar-refractivity contribution in [3.05, 3.63) is 108 Å².